The molecule has 4 nitrogen and oxygen atoms in total. The van der Waals surface area contributed by atoms with E-state index in [2.05, 4.69) is 39.2 Å². The highest BCUT2D eigenvalue weighted by Gasteiger charge is 2.21. The van der Waals surface area contributed by atoms with E-state index in [1.807, 2.05) is 6.07 Å². The predicted octanol–water partition coefficient (Wildman–Crippen LogP) is 4.28. The van der Waals surface area contributed by atoms with Crippen molar-refractivity contribution in [2.45, 2.75) is 59.4 Å². The SMILES string of the molecule is Cc1c(CCCO)c2cc(C(=O)O)cc(C(C)C)c2n1C(C)C. The predicted molar refractivity (Wildman–Crippen MR) is 93.5 cm³/mol. The van der Waals surface area contributed by atoms with Crippen LogP contribution in [0.25, 0.3) is 10.9 Å². The molecule has 0 aliphatic heterocycles. The monoisotopic (exact) mass is 317 g/mol. The molecule has 0 amide bonds. The maximum Gasteiger partial charge on any atom is 0.335 e. The summed E-state index contributed by atoms with van der Waals surface area (Å²) in [5, 5.41) is 19.7. The van der Waals surface area contributed by atoms with E-state index >= 15 is 0 Å². The minimum Gasteiger partial charge on any atom is -0.478 e. The van der Waals surface area contributed by atoms with E-state index < -0.39 is 5.97 Å². The molecular weight excluding hydrogens is 290 g/mol. The van der Waals surface area contributed by atoms with Gasteiger partial charge >= 0.3 is 5.97 Å². The van der Waals surface area contributed by atoms with E-state index in [-0.39, 0.29) is 12.5 Å². The van der Waals surface area contributed by atoms with E-state index in [1.165, 1.54) is 5.69 Å². The summed E-state index contributed by atoms with van der Waals surface area (Å²) in [7, 11) is 0. The fourth-order valence-electron chi connectivity index (χ4n) is 3.44. The van der Waals surface area contributed by atoms with Crippen LogP contribution in [0.3, 0.4) is 0 Å². The third-order valence-electron chi connectivity index (χ3n) is 4.47. The van der Waals surface area contributed by atoms with Gasteiger partial charge in [-0.3, -0.25) is 0 Å². The number of nitrogens with zero attached hydrogens (tertiary/aromatic N) is 1. The Bertz CT molecular complexity index is 726. The normalized spacial score (nSPS) is 11.8. The van der Waals surface area contributed by atoms with Crippen LogP contribution >= 0.6 is 0 Å². The lowest BCUT2D eigenvalue weighted by Crippen LogP contribution is -2.06. The summed E-state index contributed by atoms with van der Waals surface area (Å²) >= 11 is 0. The van der Waals surface area contributed by atoms with Crippen molar-refractivity contribution in [3.05, 3.63) is 34.5 Å². The van der Waals surface area contributed by atoms with Gasteiger partial charge in [0.25, 0.3) is 0 Å². The Kier molecular flexibility index (Phi) is 5.15. The van der Waals surface area contributed by atoms with Crippen molar-refractivity contribution in [3.63, 3.8) is 0 Å². The van der Waals surface area contributed by atoms with Gasteiger partial charge in [0.2, 0.25) is 0 Å². The number of hydrogen-bond acceptors (Lipinski definition) is 2. The smallest absolute Gasteiger partial charge is 0.335 e. The maximum absolute atomic E-state index is 11.5. The van der Waals surface area contributed by atoms with Crippen molar-refractivity contribution in [2.75, 3.05) is 6.61 Å². The Morgan fingerprint density at radius 2 is 1.87 bits per heavy atom. The van der Waals surface area contributed by atoms with Crippen molar-refractivity contribution in [1.82, 2.24) is 4.57 Å². The molecule has 0 saturated heterocycles. The lowest BCUT2D eigenvalue weighted by molar-refractivity contribution is 0.0697. The lowest BCUT2D eigenvalue weighted by atomic mass is 9.95. The number of rotatable bonds is 6. The quantitative estimate of drug-likeness (QED) is 0.836. The molecule has 0 bridgehead atoms. The molecule has 0 saturated carbocycles. The molecule has 0 spiro atoms. The molecule has 0 atom stereocenters. The third kappa shape index (κ3) is 3.13. The number of aromatic nitrogens is 1. The molecule has 0 fully saturated rings. The van der Waals surface area contributed by atoms with Crippen LogP contribution in [0.15, 0.2) is 12.1 Å². The van der Waals surface area contributed by atoms with Crippen LogP contribution in [-0.4, -0.2) is 27.4 Å². The summed E-state index contributed by atoms with van der Waals surface area (Å²) < 4.78 is 2.31. The molecule has 2 N–H and O–H groups in total. The minimum atomic E-state index is -0.892. The largest absolute Gasteiger partial charge is 0.478 e. The van der Waals surface area contributed by atoms with Crippen molar-refractivity contribution in [2.24, 2.45) is 0 Å². The molecule has 2 aromatic rings. The maximum atomic E-state index is 11.5. The summed E-state index contributed by atoms with van der Waals surface area (Å²) in [4.78, 5) is 11.5. The molecule has 0 radical (unpaired) electrons. The van der Waals surface area contributed by atoms with Crippen LogP contribution in [0.2, 0.25) is 0 Å². The average molecular weight is 317 g/mol. The van der Waals surface area contributed by atoms with Crippen LogP contribution in [0, 0.1) is 6.92 Å². The first kappa shape index (κ1) is 17.5. The van der Waals surface area contributed by atoms with E-state index in [9.17, 15) is 15.0 Å². The van der Waals surface area contributed by atoms with Gasteiger partial charge in [-0.2, -0.15) is 0 Å². The third-order valence-corrected chi connectivity index (χ3v) is 4.47. The summed E-state index contributed by atoms with van der Waals surface area (Å²) in [5.41, 5.74) is 4.89. The number of aryl methyl sites for hydroxylation is 1. The van der Waals surface area contributed by atoms with Crippen molar-refractivity contribution < 1.29 is 15.0 Å². The number of benzene rings is 1. The number of carboxylic acid groups (broad SMARTS) is 1. The van der Waals surface area contributed by atoms with Gasteiger partial charge in [0.1, 0.15) is 0 Å². The highest BCUT2D eigenvalue weighted by molar-refractivity contribution is 5.97. The first-order valence-corrected chi connectivity index (χ1v) is 8.31. The number of hydrogen-bond donors (Lipinski definition) is 2. The zero-order valence-corrected chi connectivity index (χ0v) is 14.7. The number of aromatic carboxylic acids is 1. The molecule has 2 rings (SSSR count). The summed E-state index contributed by atoms with van der Waals surface area (Å²) in [6.07, 6.45) is 1.45. The Balaban J connectivity index is 2.89. The molecule has 0 aliphatic carbocycles. The second-order valence-electron chi connectivity index (χ2n) is 6.78. The van der Waals surface area contributed by atoms with Gasteiger partial charge in [-0.15, -0.1) is 0 Å². The average Bonchev–Trinajstić information content (AvgIpc) is 2.75. The lowest BCUT2D eigenvalue weighted by Gasteiger charge is -2.17. The van der Waals surface area contributed by atoms with E-state index in [4.69, 9.17) is 0 Å². The number of aliphatic hydroxyl groups excluding tert-OH is 1. The molecule has 1 heterocycles. The second kappa shape index (κ2) is 6.75. The topological polar surface area (TPSA) is 62.5 Å². The number of fused-ring (bicyclic) bond motifs is 1. The standard InChI is InChI=1S/C19H27NO3/c1-11(2)16-9-14(19(22)23)10-17-15(7-6-8-21)13(5)20(12(3)4)18(16)17/h9-12,21H,6-8H2,1-5H3,(H,22,23). The Hall–Kier alpha value is -1.81. The van der Waals surface area contributed by atoms with Gasteiger partial charge in [0.05, 0.1) is 11.1 Å². The molecule has 23 heavy (non-hydrogen) atoms. The van der Waals surface area contributed by atoms with E-state index in [0.717, 1.165) is 28.5 Å². The van der Waals surface area contributed by atoms with Gasteiger partial charge in [-0.25, -0.2) is 4.79 Å². The van der Waals surface area contributed by atoms with Crippen LogP contribution in [0.5, 0.6) is 0 Å². The summed E-state index contributed by atoms with van der Waals surface area (Å²) in [5.74, 6) is -0.647. The fourth-order valence-corrected chi connectivity index (χ4v) is 3.44. The van der Waals surface area contributed by atoms with Crippen LogP contribution in [-0.2, 0) is 6.42 Å². The van der Waals surface area contributed by atoms with Crippen LogP contribution in [0.4, 0.5) is 0 Å². The van der Waals surface area contributed by atoms with E-state index in [1.54, 1.807) is 6.07 Å². The highest BCUT2D eigenvalue weighted by Crippen LogP contribution is 2.36. The zero-order chi connectivity index (χ0) is 17.3. The van der Waals surface area contributed by atoms with Gasteiger partial charge in [-0.05, 0) is 62.8 Å². The molecule has 0 aliphatic rings. The van der Waals surface area contributed by atoms with Crippen molar-refractivity contribution >= 4 is 16.9 Å². The van der Waals surface area contributed by atoms with Gasteiger partial charge < -0.3 is 14.8 Å². The van der Waals surface area contributed by atoms with Crippen LogP contribution < -0.4 is 0 Å². The van der Waals surface area contributed by atoms with Crippen molar-refractivity contribution in [3.8, 4) is 0 Å². The molecule has 1 aromatic carbocycles. The number of aliphatic hydroxyl groups is 1. The van der Waals surface area contributed by atoms with Gasteiger partial charge in [0, 0.05) is 23.7 Å². The summed E-state index contributed by atoms with van der Waals surface area (Å²) in [6.45, 7) is 10.7. The highest BCUT2D eigenvalue weighted by atomic mass is 16.4. The van der Waals surface area contributed by atoms with Gasteiger partial charge in [0.15, 0.2) is 0 Å². The number of carbonyl (C=O) groups is 1. The first-order valence-electron chi connectivity index (χ1n) is 8.31. The summed E-state index contributed by atoms with van der Waals surface area (Å²) in [6, 6.07) is 3.90. The molecule has 1 aromatic heterocycles. The fraction of sp³-hybridized carbons (Fsp3) is 0.526. The zero-order valence-electron chi connectivity index (χ0n) is 14.7. The molecule has 4 heteroatoms. The molecule has 0 unspecified atom stereocenters. The Labute approximate surface area is 137 Å². The second-order valence-corrected chi connectivity index (χ2v) is 6.78. The van der Waals surface area contributed by atoms with Crippen molar-refractivity contribution in [1.29, 1.82) is 0 Å². The van der Waals surface area contributed by atoms with Gasteiger partial charge in [-0.1, -0.05) is 13.8 Å². The Morgan fingerprint density at radius 1 is 1.22 bits per heavy atom. The first-order chi connectivity index (χ1) is 10.8. The minimum absolute atomic E-state index is 0.142. The molecular formula is C19H27NO3. The van der Waals surface area contributed by atoms with E-state index in [0.29, 0.717) is 18.0 Å². The Morgan fingerprint density at radius 3 is 2.35 bits per heavy atom. The number of carboxylic acids is 1. The molecule has 126 valence electrons. The van der Waals surface area contributed by atoms with Crippen LogP contribution in [0.1, 0.15) is 73.3 Å².